The first kappa shape index (κ1) is 14.0. The lowest BCUT2D eigenvalue weighted by Crippen LogP contribution is -2.09. The van der Waals surface area contributed by atoms with E-state index in [-0.39, 0.29) is 5.56 Å². The highest BCUT2D eigenvalue weighted by molar-refractivity contribution is 5.69. The highest BCUT2D eigenvalue weighted by atomic mass is 19.4. The Hall–Kier alpha value is -2.60. The second kappa shape index (κ2) is 4.70. The molecule has 0 fully saturated rings. The molecule has 0 amide bonds. The van der Waals surface area contributed by atoms with E-state index >= 15 is 0 Å². The molecular formula is C17H11F3N2O. The van der Waals surface area contributed by atoms with Gasteiger partial charge in [-0.25, -0.2) is 4.98 Å². The molecule has 0 saturated heterocycles. The van der Waals surface area contributed by atoms with Crippen LogP contribution >= 0.6 is 0 Å². The van der Waals surface area contributed by atoms with E-state index in [2.05, 4.69) is 4.98 Å². The highest BCUT2D eigenvalue weighted by Gasteiger charge is 2.33. The zero-order valence-corrected chi connectivity index (χ0v) is 11.7. The Morgan fingerprint density at radius 3 is 2.61 bits per heavy atom. The van der Waals surface area contributed by atoms with Crippen molar-refractivity contribution in [2.75, 3.05) is 0 Å². The number of benzene rings is 2. The van der Waals surface area contributed by atoms with Crippen LogP contribution in [-0.2, 0) is 6.18 Å². The Kier molecular flexibility index (Phi) is 2.86. The third kappa shape index (κ3) is 2.06. The maximum atomic E-state index is 13.0. The SMILES string of the molecule is OC1c2ccccc2-c2nccn2-c2ccc(C(F)(F)F)cc21. The third-order valence-electron chi connectivity index (χ3n) is 4.05. The summed E-state index contributed by atoms with van der Waals surface area (Å²) in [5.41, 5.74) is 1.17. The van der Waals surface area contributed by atoms with Crippen molar-refractivity contribution in [3.8, 4) is 17.1 Å². The van der Waals surface area contributed by atoms with E-state index in [1.54, 1.807) is 35.2 Å². The van der Waals surface area contributed by atoms with Crippen molar-refractivity contribution in [1.82, 2.24) is 9.55 Å². The fourth-order valence-corrected chi connectivity index (χ4v) is 2.97. The molecule has 1 aliphatic heterocycles. The van der Waals surface area contributed by atoms with Crippen molar-refractivity contribution in [1.29, 1.82) is 0 Å². The molecule has 4 rings (SSSR count). The first-order chi connectivity index (χ1) is 11.0. The Morgan fingerprint density at radius 1 is 1.04 bits per heavy atom. The van der Waals surface area contributed by atoms with Crippen LogP contribution in [0.2, 0.25) is 0 Å². The van der Waals surface area contributed by atoms with Gasteiger partial charge in [0.1, 0.15) is 11.9 Å². The van der Waals surface area contributed by atoms with Gasteiger partial charge in [-0.1, -0.05) is 24.3 Å². The smallest absolute Gasteiger partial charge is 0.384 e. The first-order valence-corrected chi connectivity index (χ1v) is 6.99. The number of imidazole rings is 1. The summed E-state index contributed by atoms with van der Waals surface area (Å²) in [4.78, 5) is 4.29. The Morgan fingerprint density at radius 2 is 1.83 bits per heavy atom. The molecule has 0 saturated carbocycles. The molecule has 2 heterocycles. The van der Waals surface area contributed by atoms with Crippen LogP contribution in [-0.4, -0.2) is 14.7 Å². The molecule has 1 N–H and O–H groups in total. The van der Waals surface area contributed by atoms with Gasteiger partial charge in [-0.05, 0) is 23.8 Å². The number of rotatable bonds is 0. The second-order valence-electron chi connectivity index (χ2n) is 5.38. The van der Waals surface area contributed by atoms with Gasteiger partial charge >= 0.3 is 6.18 Å². The molecule has 1 aliphatic rings. The predicted octanol–water partition coefficient (Wildman–Crippen LogP) is 3.95. The van der Waals surface area contributed by atoms with Gasteiger partial charge in [0, 0.05) is 23.5 Å². The van der Waals surface area contributed by atoms with Crippen molar-refractivity contribution in [2.45, 2.75) is 12.3 Å². The van der Waals surface area contributed by atoms with Gasteiger partial charge in [0.15, 0.2) is 0 Å². The zero-order valence-electron chi connectivity index (χ0n) is 11.7. The Bertz CT molecular complexity index is 899. The minimum atomic E-state index is -4.46. The average molecular weight is 316 g/mol. The van der Waals surface area contributed by atoms with Crippen LogP contribution in [0.5, 0.6) is 0 Å². The topological polar surface area (TPSA) is 38.1 Å². The number of aliphatic hydroxyl groups excluding tert-OH is 1. The summed E-state index contributed by atoms with van der Waals surface area (Å²) in [5.74, 6) is 0.596. The van der Waals surface area contributed by atoms with Crippen LogP contribution < -0.4 is 0 Å². The van der Waals surface area contributed by atoms with Crippen molar-refractivity contribution in [3.63, 3.8) is 0 Å². The summed E-state index contributed by atoms with van der Waals surface area (Å²) < 4.78 is 40.8. The summed E-state index contributed by atoms with van der Waals surface area (Å²) in [6.45, 7) is 0. The molecular weight excluding hydrogens is 305 g/mol. The molecule has 2 aromatic carbocycles. The Balaban J connectivity index is 2.05. The van der Waals surface area contributed by atoms with Crippen LogP contribution in [0.25, 0.3) is 17.1 Å². The first-order valence-electron chi connectivity index (χ1n) is 6.99. The molecule has 1 atom stereocenters. The summed E-state index contributed by atoms with van der Waals surface area (Å²) in [6.07, 6.45) is -2.34. The van der Waals surface area contributed by atoms with E-state index in [1.165, 1.54) is 6.07 Å². The molecule has 0 bridgehead atoms. The molecule has 3 nitrogen and oxygen atoms in total. The van der Waals surface area contributed by atoms with E-state index in [1.807, 2.05) is 6.07 Å². The van der Waals surface area contributed by atoms with Crippen LogP contribution in [0, 0.1) is 0 Å². The molecule has 116 valence electrons. The summed E-state index contributed by atoms with van der Waals surface area (Å²) in [5, 5.41) is 10.7. The number of nitrogens with zero attached hydrogens (tertiary/aromatic N) is 2. The number of aliphatic hydroxyl groups is 1. The maximum absolute atomic E-state index is 13.0. The van der Waals surface area contributed by atoms with Gasteiger partial charge in [-0.15, -0.1) is 0 Å². The molecule has 1 unspecified atom stereocenters. The van der Waals surface area contributed by atoms with Crippen LogP contribution in [0.15, 0.2) is 54.9 Å². The monoisotopic (exact) mass is 316 g/mol. The van der Waals surface area contributed by atoms with Gasteiger partial charge in [-0.2, -0.15) is 13.2 Å². The van der Waals surface area contributed by atoms with Gasteiger partial charge in [0.2, 0.25) is 0 Å². The third-order valence-corrected chi connectivity index (χ3v) is 4.05. The maximum Gasteiger partial charge on any atom is 0.416 e. The normalized spacial score (nSPS) is 16.3. The number of hydrogen-bond acceptors (Lipinski definition) is 2. The molecule has 1 aromatic heterocycles. The molecule has 0 aliphatic carbocycles. The quantitative estimate of drug-likeness (QED) is 0.682. The van der Waals surface area contributed by atoms with Crippen molar-refractivity contribution < 1.29 is 18.3 Å². The van der Waals surface area contributed by atoms with Gasteiger partial charge in [-0.3, -0.25) is 4.57 Å². The number of alkyl halides is 3. The van der Waals surface area contributed by atoms with Crippen molar-refractivity contribution >= 4 is 0 Å². The number of fused-ring (bicyclic) bond motifs is 5. The summed E-state index contributed by atoms with van der Waals surface area (Å²) in [7, 11) is 0. The minimum absolute atomic E-state index is 0.212. The fraction of sp³-hybridized carbons (Fsp3) is 0.118. The fourth-order valence-electron chi connectivity index (χ4n) is 2.97. The van der Waals surface area contributed by atoms with Gasteiger partial charge in [0.25, 0.3) is 0 Å². The largest absolute Gasteiger partial charge is 0.416 e. The van der Waals surface area contributed by atoms with E-state index in [0.29, 0.717) is 22.6 Å². The molecule has 6 heteroatoms. The minimum Gasteiger partial charge on any atom is -0.384 e. The van der Waals surface area contributed by atoms with Gasteiger partial charge in [0.05, 0.1) is 11.3 Å². The highest BCUT2D eigenvalue weighted by Crippen LogP contribution is 2.41. The number of halogens is 3. The molecule has 23 heavy (non-hydrogen) atoms. The lowest BCUT2D eigenvalue weighted by Gasteiger charge is -2.16. The zero-order chi connectivity index (χ0) is 16.2. The van der Waals surface area contributed by atoms with Crippen LogP contribution in [0.4, 0.5) is 13.2 Å². The molecule has 0 spiro atoms. The molecule has 3 aromatic rings. The van der Waals surface area contributed by atoms with E-state index in [0.717, 1.165) is 12.1 Å². The average Bonchev–Trinajstić information content (AvgIpc) is 2.99. The van der Waals surface area contributed by atoms with Crippen molar-refractivity contribution in [3.05, 3.63) is 71.5 Å². The predicted molar refractivity (Wildman–Crippen MR) is 78.1 cm³/mol. The van der Waals surface area contributed by atoms with Gasteiger partial charge < -0.3 is 5.11 Å². The lowest BCUT2D eigenvalue weighted by atomic mass is 9.95. The van der Waals surface area contributed by atoms with E-state index in [9.17, 15) is 18.3 Å². The summed E-state index contributed by atoms with van der Waals surface area (Å²) >= 11 is 0. The van der Waals surface area contributed by atoms with E-state index in [4.69, 9.17) is 0 Å². The van der Waals surface area contributed by atoms with Crippen LogP contribution in [0.3, 0.4) is 0 Å². The second-order valence-corrected chi connectivity index (χ2v) is 5.38. The van der Waals surface area contributed by atoms with Crippen LogP contribution in [0.1, 0.15) is 22.8 Å². The lowest BCUT2D eigenvalue weighted by molar-refractivity contribution is -0.137. The number of hydrogen-bond donors (Lipinski definition) is 1. The molecule has 0 radical (unpaired) electrons. The van der Waals surface area contributed by atoms with Crippen molar-refractivity contribution in [2.24, 2.45) is 0 Å². The van der Waals surface area contributed by atoms with E-state index < -0.39 is 17.8 Å². The standard InChI is InChI=1S/C17H11F3N2O/c18-17(19,20)10-5-6-14-13(9-10)15(23)11-3-1-2-4-12(11)16-21-7-8-22(14)16/h1-9,15,23H. The Labute approximate surface area is 129 Å². The number of aromatic nitrogens is 2. The summed E-state index contributed by atoms with van der Waals surface area (Å²) in [6, 6.07) is 10.5.